The molecule has 0 aromatic rings. The summed E-state index contributed by atoms with van der Waals surface area (Å²) in [6.07, 6.45) is 1.04. The molecule has 0 unspecified atom stereocenters. The van der Waals surface area contributed by atoms with Gasteiger partial charge in [0, 0.05) is 11.8 Å². The SMILES string of the molecule is O=PC(Cl)(CCCl)CCCl. The molecule has 0 heterocycles. The number of alkyl halides is 3. The van der Waals surface area contributed by atoms with E-state index in [1.165, 1.54) is 0 Å². The molecule has 1 nitrogen and oxygen atoms in total. The fourth-order valence-electron chi connectivity index (χ4n) is 0.506. The van der Waals surface area contributed by atoms with Crippen LogP contribution in [0.4, 0.5) is 0 Å². The van der Waals surface area contributed by atoms with Gasteiger partial charge >= 0.3 is 0 Å². The number of hydrogen-bond donors (Lipinski definition) is 0. The molecular formula is C5H8Cl3OP. The van der Waals surface area contributed by atoms with Crippen molar-refractivity contribution in [2.24, 2.45) is 0 Å². The van der Waals surface area contributed by atoms with Gasteiger partial charge in [0.2, 0.25) is 0 Å². The standard InChI is InChI=1S/C5H8Cl3OP/c6-3-1-5(8,10-9)2-4-7/h1-4H2. The van der Waals surface area contributed by atoms with Gasteiger partial charge in [-0.25, -0.2) is 0 Å². The smallest absolute Gasteiger partial charge is 0.178 e. The van der Waals surface area contributed by atoms with Crippen molar-refractivity contribution >= 4 is 43.3 Å². The predicted molar refractivity (Wildman–Crippen MR) is 46.9 cm³/mol. The summed E-state index contributed by atoms with van der Waals surface area (Å²) in [7, 11) is -0.0850. The highest BCUT2D eigenvalue weighted by molar-refractivity contribution is 7.29. The molecule has 0 saturated carbocycles. The zero-order chi connectivity index (χ0) is 8.04. The van der Waals surface area contributed by atoms with Gasteiger partial charge in [0.05, 0.1) is 0 Å². The topological polar surface area (TPSA) is 17.1 Å². The van der Waals surface area contributed by atoms with E-state index in [2.05, 4.69) is 0 Å². The first kappa shape index (κ1) is 11.0. The molecule has 0 aromatic heterocycles. The second kappa shape index (κ2) is 5.60. The summed E-state index contributed by atoms with van der Waals surface area (Å²) in [5.74, 6) is 0.825. The molecule has 0 N–H and O–H groups in total. The van der Waals surface area contributed by atoms with Crippen molar-refractivity contribution in [1.82, 2.24) is 0 Å². The van der Waals surface area contributed by atoms with Crippen LogP contribution in [0.1, 0.15) is 12.8 Å². The summed E-state index contributed by atoms with van der Waals surface area (Å²) in [5.41, 5.74) is 0. The fraction of sp³-hybridized carbons (Fsp3) is 1.00. The lowest BCUT2D eigenvalue weighted by Crippen LogP contribution is -2.14. The highest BCUT2D eigenvalue weighted by atomic mass is 35.5. The summed E-state index contributed by atoms with van der Waals surface area (Å²) in [6, 6.07) is 0. The summed E-state index contributed by atoms with van der Waals surface area (Å²) in [5, 5.41) is 0. The monoisotopic (exact) mass is 220 g/mol. The highest BCUT2D eigenvalue weighted by Crippen LogP contribution is 2.36. The Hall–Kier alpha value is 0.970. The summed E-state index contributed by atoms with van der Waals surface area (Å²) in [6.45, 7) is 0. The Labute approximate surface area is 77.2 Å². The van der Waals surface area contributed by atoms with Crippen molar-refractivity contribution in [3.05, 3.63) is 0 Å². The molecule has 10 heavy (non-hydrogen) atoms. The summed E-state index contributed by atoms with van der Waals surface area (Å²) >= 11 is 16.7. The van der Waals surface area contributed by atoms with Crippen molar-refractivity contribution < 1.29 is 4.57 Å². The van der Waals surface area contributed by atoms with Gasteiger partial charge in [-0.05, 0) is 12.8 Å². The van der Waals surface area contributed by atoms with E-state index in [0.29, 0.717) is 24.6 Å². The van der Waals surface area contributed by atoms with Crippen LogP contribution in [0.15, 0.2) is 0 Å². The Kier molecular flexibility index (Phi) is 6.14. The van der Waals surface area contributed by atoms with E-state index >= 15 is 0 Å². The van der Waals surface area contributed by atoms with E-state index in [-0.39, 0.29) is 8.46 Å². The van der Waals surface area contributed by atoms with Crippen LogP contribution < -0.4 is 0 Å². The second-order valence-electron chi connectivity index (χ2n) is 1.89. The van der Waals surface area contributed by atoms with E-state index in [4.69, 9.17) is 34.8 Å². The lowest BCUT2D eigenvalue weighted by Gasteiger charge is -2.15. The maximum Gasteiger partial charge on any atom is 0.178 e. The first-order valence-electron chi connectivity index (χ1n) is 2.84. The molecule has 0 bridgehead atoms. The largest absolute Gasteiger partial charge is 0.273 e. The maximum absolute atomic E-state index is 10.5. The lowest BCUT2D eigenvalue weighted by atomic mass is 10.2. The lowest BCUT2D eigenvalue weighted by molar-refractivity contribution is 0.577. The fourth-order valence-corrected chi connectivity index (χ4v) is 2.20. The molecule has 0 radical (unpaired) electrons. The summed E-state index contributed by atoms with van der Waals surface area (Å²) < 4.78 is 9.72. The van der Waals surface area contributed by atoms with Crippen molar-refractivity contribution in [3.63, 3.8) is 0 Å². The van der Waals surface area contributed by atoms with Gasteiger partial charge in [-0.1, -0.05) is 0 Å². The average molecular weight is 221 g/mol. The second-order valence-corrected chi connectivity index (χ2v) is 4.67. The van der Waals surface area contributed by atoms with Crippen LogP contribution in [0, 0.1) is 0 Å². The van der Waals surface area contributed by atoms with Crippen LogP contribution in [0.3, 0.4) is 0 Å². The van der Waals surface area contributed by atoms with Crippen molar-refractivity contribution in [1.29, 1.82) is 0 Å². The Morgan fingerprint density at radius 3 is 1.80 bits per heavy atom. The zero-order valence-corrected chi connectivity index (χ0v) is 8.48. The third kappa shape index (κ3) is 3.98. The zero-order valence-electron chi connectivity index (χ0n) is 5.32. The molecule has 0 fully saturated rings. The minimum Gasteiger partial charge on any atom is -0.273 e. The molecular weight excluding hydrogens is 213 g/mol. The van der Waals surface area contributed by atoms with Gasteiger partial charge in [0.1, 0.15) is 4.62 Å². The van der Waals surface area contributed by atoms with E-state index in [0.717, 1.165) is 0 Å². The van der Waals surface area contributed by atoms with Crippen LogP contribution in [-0.4, -0.2) is 16.4 Å². The molecule has 0 aliphatic heterocycles. The van der Waals surface area contributed by atoms with E-state index < -0.39 is 4.62 Å². The Morgan fingerprint density at radius 1 is 1.20 bits per heavy atom. The van der Waals surface area contributed by atoms with Gasteiger partial charge in [-0.2, -0.15) is 0 Å². The minimum absolute atomic E-state index is 0.0850. The molecule has 0 aliphatic carbocycles. The first-order chi connectivity index (χ1) is 4.68. The predicted octanol–water partition coefficient (Wildman–Crippen LogP) is 3.47. The Bertz CT molecular complexity index is 103. The van der Waals surface area contributed by atoms with Gasteiger partial charge in [0.25, 0.3) is 0 Å². The molecule has 0 aromatic carbocycles. The Morgan fingerprint density at radius 2 is 1.60 bits per heavy atom. The van der Waals surface area contributed by atoms with Gasteiger partial charge in [0.15, 0.2) is 8.46 Å². The molecule has 0 aliphatic rings. The van der Waals surface area contributed by atoms with Crippen molar-refractivity contribution in [3.8, 4) is 0 Å². The maximum atomic E-state index is 10.5. The molecule has 0 rings (SSSR count). The number of rotatable bonds is 5. The quantitative estimate of drug-likeness (QED) is 0.513. The molecule has 0 saturated heterocycles. The normalized spacial score (nSPS) is 12.3. The number of halogens is 3. The molecule has 0 atom stereocenters. The van der Waals surface area contributed by atoms with Crippen molar-refractivity contribution in [2.75, 3.05) is 11.8 Å². The average Bonchev–Trinajstić information content (AvgIpc) is 1.89. The molecule has 5 heteroatoms. The molecule has 0 spiro atoms. The molecule has 0 amide bonds. The number of hydrogen-bond acceptors (Lipinski definition) is 1. The Balaban J connectivity index is 3.81. The van der Waals surface area contributed by atoms with Crippen LogP contribution >= 0.6 is 43.3 Å². The molecule has 60 valence electrons. The first-order valence-corrected chi connectivity index (χ1v) is 5.10. The minimum atomic E-state index is -0.733. The third-order valence-electron chi connectivity index (χ3n) is 1.12. The van der Waals surface area contributed by atoms with Crippen LogP contribution in [0.2, 0.25) is 0 Å². The van der Waals surface area contributed by atoms with E-state index in [1.54, 1.807) is 0 Å². The van der Waals surface area contributed by atoms with Crippen LogP contribution in [0.5, 0.6) is 0 Å². The van der Waals surface area contributed by atoms with Gasteiger partial charge in [-0.3, -0.25) is 4.57 Å². The highest BCUT2D eigenvalue weighted by Gasteiger charge is 2.26. The summed E-state index contributed by atoms with van der Waals surface area (Å²) in [4.78, 5) is 0. The van der Waals surface area contributed by atoms with Crippen molar-refractivity contribution in [2.45, 2.75) is 17.5 Å². The van der Waals surface area contributed by atoms with E-state index in [1.807, 2.05) is 0 Å². The van der Waals surface area contributed by atoms with Gasteiger partial charge in [-0.15, -0.1) is 34.8 Å². The third-order valence-corrected chi connectivity index (χ3v) is 2.86. The van der Waals surface area contributed by atoms with Crippen LogP contribution in [0.25, 0.3) is 0 Å². The van der Waals surface area contributed by atoms with E-state index in [9.17, 15) is 4.57 Å². The van der Waals surface area contributed by atoms with Gasteiger partial charge < -0.3 is 0 Å². The van der Waals surface area contributed by atoms with Crippen LogP contribution in [-0.2, 0) is 4.57 Å².